The molecule has 0 radical (unpaired) electrons. The van der Waals surface area contributed by atoms with Crippen LogP contribution >= 0.6 is 0 Å². The molecule has 1 aromatic rings. The molecule has 2 N–H and O–H groups in total. The van der Waals surface area contributed by atoms with Crippen LogP contribution in [0.5, 0.6) is 5.75 Å². The van der Waals surface area contributed by atoms with Gasteiger partial charge in [-0.25, -0.2) is 4.39 Å². The zero-order chi connectivity index (χ0) is 15.7. The predicted molar refractivity (Wildman–Crippen MR) is 78.6 cm³/mol. The molecule has 1 atom stereocenters. The van der Waals surface area contributed by atoms with Crippen molar-refractivity contribution in [2.75, 3.05) is 33.4 Å². The van der Waals surface area contributed by atoms with E-state index in [9.17, 15) is 9.18 Å². The fourth-order valence-corrected chi connectivity index (χ4v) is 1.77. The second-order valence-corrected chi connectivity index (χ2v) is 4.86. The molecule has 0 spiro atoms. The lowest BCUT2D eigenvalue weighted by Crippen LogP contribution is -2.39. The zero-order valence-electron chi connectivity index (χ0n) is 12.5. The summed E-state index contributed by atoms with van der Waals surface area (Å²) in [6, 6.07) is 5.59. The van der Waals surface area contributed by atoms with Crippen molar-refractivity contribution < 1.29 is 18.7 Å². The van der Waals surface area contributed by atoms with E-state index in [1.807, 2.05) is 0 Å². The Labute approximate surface area is 124 Å². The lowest BCUT2D eigenvalue weighted by Gasteiger charge is -2.23. The number of amides is 1. The molecule has 0 fully saturated rings. The second kappa shape index (κ2) is 9.31. The van der Waals surface area contributed by atoms with E-state index in [1.165, 1.54) is 12.1 Å². The molecule has 21 heavy (non-hydrogen) atoms. The van der Waals surface area contributed by atoms with Gasteiger partial charge in [-0.1, -0.05) is 0 Å². The monoisotopic (exact) mass is 298 g/mol. The maximum Gasteiger partial charge on any atom is 0.224 e. The highest BCUT2D eigenvalue weighted by Gasteiger charge is 2.14. The highest BCUT2D eigenvalue weighted by molar-refractivity contribution is 5.76. The average Bonchev–Trinajstić information content (AvgIpc) is 2.43. The molecule has 1 amide bonds. The van der Waals surface area contributed by atoms with Gasteiger partial charge in [-0.05, 0) is 31.2 Å². The summed E-state index contributed by atoms with van der Waals surface area (Å²) in [5.74, 6) is 0.240. The molecule has 1 rings (SSSR count). The van der Waals surface area contributed by atoms with Gasteiger partial charge in [0.25, 0.3) is 0 Å². The predicted octanol–water partition coefficient (Wildman–Crippen LogP) is 1.42. The molecule has 0 aliphatic carbocycles. The lowest BCUT2D eigenvalue weighted by atomic mass is 10.2. The number of benzene rings is 1. The van der Waals surface area contributed by atoms with Gasteiger partial charge in [0.15, 0.2) is 0 Å². The van der Waals surface area contributed by atoms with Crippen LogP contribution in [-0.4, -0.2) is 50.3 Å². The van der Waals surface area contributed by atoms with E-state index in [0.29, 0.717) is 38.5 Å². The maximum absolute atomic E-state index is 12.8. The number of nitrogens with zero attached hydrogens (tertiary/aromatic N) is 1. The minimum absolute atomic E-state index is 0.0234. The largest absolute Gasteiger partial charge is 0.492 e. The van der Waals surface area contributed by atoms with Crippen molar-refractivity contribution in [2.24, 2.45) is 5.73 Å². The van der Waals surface area contributed by atoms with Crippen LogP contribution in [0.25, 0.3) is 0 Å². The molecule has 6 heteroatoms. The molecule has 118 valence electrons. The van der Waals surface area contributed by atoms with E-state index < -0.39 is 0 Å². The van der Waals surface area contributed by atoms with Crippen molar-refractivity contribution in [1.82, 2.24) is 4.90 Å². The first kappa shape index (κ1) is 17.4. The molecule has 0 aromatic heterocycles. The molecule has 0 aliphatic heterocycles. The van der Waals surface area contributed by atoms with Crippen LogP contribution in [0, 0.1) is 5.82 Å². The lowest BCUT2D eigenvalue weighted by molar-refractivity contribution is -0.132. The van der Waals surface area contributed by atoms with Crippen LogP contribution in [0.2, 0.25) is 0 Å². The maximum atomic E-state index is 12.8. The first-order valence-corrected chi connectivity index (χ1v) is 6.93. The first-order chi connectivity index (χ1) is 10.0. The van der Waals surface area contributed by atoms with Crippen LogP contribution in [0.1, 0.15) is 13.3 Å². The molecular formula is C15H23FN2O3. The molecule has 1 unspecified atom stereocenters. The van der Waals surface area contributed by atoms with Crippen LogP contribution in [0.15, 0.2) is 24.3 Å². The Morgan fingerprint density at radius 2 is 1.90 bits per heavy atom. The number of hydrogen-bond acceptors (Lipinski definition) is 4. The number of hydrogen-bond donors (Lipinski definition) is 1. The fraction of sp³-hybridized carbons (Fsp3) is 0.533. The van der Waals surface area contributed by atoms with E-state index in [2.05, 4.69) is 0 Å². The van der Waals surface area contributed by atoms with Crippen molar-refractivity contribution in [3.05, 3.63) is 30.1 Å². The van der Waals surface area contributed by atoms with Crippen molar-refractivity contribution in [3.8, 4) is 5.75 Å². The zero-order valence-corrected chi connectivity index (χ0v) is 12.5. The third-order valence-corrected chi connectivity index (χ3v) is 2.86. The highest BCUT2D eigenvalue weighted by atomic mass is 19.1. The van der Waals surface area contributed by atoms with E-state index in [1.54, 1.807) is 31.1 Å². The van der Waals surface area contributed by atoms with Gasteiger partial charge in [-0.3, -0.25) is 4.79 Å². The molecule has 0 saturated carbocycles. The molecular weight excluding hydrogens is 275 g/mol. The summed E-state index contributed by atoms with van der Waals surface area (Å²) in [6.45, 7) is 3.52. The Morgan fingerprint density at radius 1 is 1.29 bits per heavy atom. The quantitative estimate of drug-likeness (QED) is 0.749. The van der Waals surface area contributed by atoms with Gasteiger partial charge < -0.3 is 20.1 Å². The Balaban J connectivity index is 2.44. The third kappa shape index (κ3) is 7.06. The van der Waals surface area contributed by atoms with E-state index in [0.717, 1.165) is 0 Å². The van der Waals surface area contributed by atoms with Crippen molar-refractivity contribution in [1.29, 1.82) is 0 Å². The number of methoxy groups -OCH3 is 1. The number of carbonyl (C=O) groups excluding carboxylic acids is 1. The number of rotatable bonds is 9. The Hall–Kier alpha value is -1.66. The van der Waals surface area contributed by atoms with Crippen molar-refractivity contribution in [3.63, 3.8) is 0 Å². The summed E-state index contributed by atoms with van der Waals surface area (Å²) < 4.78 is 23.3. The normalized spacial score (nSPS) is 12.0. The van der Waals surface area contributed by atoms with E-state index in [-0.39, 0.29) is 17.8 Å². The fourth-order valence-electron chi connectivity index (χ4n) is 1.77. The third-order valence-electron chi connectivity index (χ3n) is 2.86. The molecule has 0 saturated heterocycles. The van der Waals surface area contributed by atoms with Gasteiger partial charge in [0.05, 0.1) is 13.2 Å². The number of nitrogens with two attached hydrogens (primary N) is 1. The first-order valence-electron chi connectivity index (χ1n) is 6.93. The second-order valence-electron chi connectivity index (χ2n) is 4.86. The standard InChI is InChI=1S/C15H23FN2O3/c1-12(17)11-15(19)18(7-9-20-2)8-10-21-14-5-3-13(16)4-6-14/h3-6,12H,7-11,17H2,1-2H3. The molecule has 0 bridgehead atoms. The minimum atomic E-state index is -0.309. The van der Waals surface area contributed by atoms with Crippen molar-refractivity contribution in [2.45, 2.75) is 19.4 Å². The summed E-state index contributed by atoms with van der Waals surface area (Å²) in [6.07, 6.45) is 0.292. The smallest absolute Gasteiger partial charge is 0.224 e. The minimum Gasteiger partial charge on any atom is -0.492 e. The summed E-state index contributed by atoms with van der Waals surface area (Å²) in [7, 11) is 1.59. The van der Waals surface area contributed by atoms with Gasteiger partial charge in [-0.15, -0.1) is 0 Å². The van der Waals surface area contributed by atoms with Gasteiger partial charge in [0, 0.05) is 26.1 Å². The Kier molecular flexibility index (Phi) is 7.71. The van der Waals surface area contributed by atoms with Crippen LogP contribution in [0.3, 0.4) is 0 Å². The molecule has 1 aromatic carbocycles. The number of carbonyl (C=O) groups is 1. The van der Waals surface area contributed by atoms with Gasteiger partial charge in [0.1, 0.15) is 18.2 Å². The Morgan fingerprint density at radius 3 is 2.48 bits per heavy atom. The topological polar surface area (TPSA) is 64.8 Å². The van der Waals surface area contributed by atoms with E-state index in [4.69, 9.17) is 15.2 Å². The Bertz CT molecular complexity index is 423. The van der Waals surface area contributed by atoms with Crippen molar-refractivity contribution >= 4 is 5.91 Å². The highest BCUT2D eigenvalue weighted by Crippen LogP contribution is 2.11. The van der Waals surface area contributed by atoms with Gasteiger partial charge in [-0.2, -0.15) is 0 Å². The molecule has 0 heterocycles. The summed E-state index contributed by atoms with van der Waals surface area (Å²) in [5.41, 5.74) is 5.65. The van der Waals surface area contributed by atoms with Gasteiger partial charge >= 0.3 is 0 Å². The summed E-state index contributed by atoms with van der Waals surface area (Å²) in [5, 5.41) is 0. The van der Waals surface area contributed by atoms with Crippen LogP contribution in [0.4, 0.5) is 4.39 Å². The van der Waals surface area contributed by atoms with Crippen LogP contribution < -0.4 is 10.5 Å². The SMILES string of the molecule is COCCN(CCOc1ccc(F)cc1)C(=O)CC(C)N. The summed E-state index contributed by atoms with van der Waals surface area (Å²) >= 11 is 0. The molecule has 5 nitrogen and oxygen atoms in total. The van der Waals surface area contributed by atoms with Crippen LogP contribution in [-0.2, 0) is 9.53 Å². The average molecular weight is 298 g/mol. The molecule has 0 aliphatic rings. The van der Waals surface area contributed by atoms with Gasteiger partial charge in [0.2, 0.25) is 5.91 Å². The van der Waals surface area contributed by atoms with E-state index >= 15 is 0 Å². The number of halogens is 1. The number of ether oxygens (including phenoxy) is 2. The summed E-state index contributed by atoms with van der Waals surface area (Å²) in [4.78, 5) is 13.7.